The SMILES string of the molecule is CCCCCCCCCCCCCCCCCCc1ccc(O)c(N)c1.Cc1cc(O)ccc1C(=O)O. The van der Waals surface area contributed by atoms with Gasteiger partial charge in [0, 0.05) is 0 Å². The van der Waals surface area contributed by atoms with Gasteiger partial charge in [0.25, 0.3) is 0 Å². The minimum atomic E-state index is -0.970. The van der Waals surface area contributed by atoms with Crippen LogP contribution in [-0.4, -0.2) is 21.3 Å². The molecule has 37 heavy (non-hydrogen) atoms. The first-order valence-electron chi connectivity index (χ1n) is 14.5. The van der Waals surface area contributed by atoms with Crippen molar-refractivity contribution in [1.29, 1.82) is 0 Å². The van der Waals surface area contributed by atoms with Crippen molar-refractivity contribution in [3.8, 4) is 11.5 Å². The summed E-state index contributed by atoms with van der Waals surface area (Å²) in [6.07, 6.45) is 23.5. The first-order chi connectivity index (χ1) is 17.8. The van der Waals surface area contributed by atoms with Gasteiger partial charge in [-0.1, -0.05) is 109 Å². The quantitative estimate of drug-likeness (QED) is 0.0903. The number of rotatable bonds is 18. The molecule has 208 valence electrons. The van der Waals surface area contributed by atoms with Crippen LogP contribution in [0.25, 0.3) is 0 Å². The number of carboxylic acid groups (broad SMARTS) is 1. The van der Waals surface area contributed by atoms with E-state index in [2.05, 4.69) is 6.92 Å². The van der Waals surface area contributed by atoms with Crippen LogP contribution in [0, 0.1) is 6.92 Å². The topological polar surface area (TPSA) is 104 Å². The Morgan fingerprint density at radius 2 is 1.19 bits per heavy atom. The summed E-state index contributed by atoms with van der Waals surface area (Å²) in [5.74, 6) is -0.685. The first-order valence-corrected chi connectivity index (χ1v) is 14.5. The number of nitrogens with two attached hydrogens (primary N) is 1. The van der Waals surface area contributed by atoms with E-state index in [-0.39, 0.29) is 17.1 Å². The number of carbonyl (C=O) groups is 1. The lowest BCUT2D eigenvalue weighted by Crippen LogP contribution is -1.98. The number of nitrogen functional groups attached to an aromatic ring is 1. The molecule has 0 fully saturated rings. The molecule has 5 nitrogen and oxygen atoms in total. The Hall–Kier alpha value is -2.69. The van der Waals surface area contributed by atoms with E-state index in [0.29, 0.717) is 11.3 Å². The number of hydrogen-bond donors (Lipinski definition) is 4. The van der Waals surface area contributed by atoms with Gasteiger partial charge in [-0.3, -0.25) is 0 Å². The molecule has 0 saturated carbocycles. The normalized spacial score (nSPS) is 10.6. The second-order valence-electron chi connectivity index (χ2n) is 10.3. The zero-order chi connectivity index (χ0) is 27.3. The van der Waals surface area contributed by atoms with Crippen LogP contribution in [0.1, 0.15) is 131 Å². The van der Waals surface area contributed by atoms with E-state index in [1.807, 2.05) is 12.1 Å². The molecule has 0 aromatic heterocycles. The van der Waals surface area contributed by atoms with Crippen LogP contribution < -0.4 is 5.73 Å². The highest BCUT2D eigenvalue weighted by Crippen LogP contribution is 2.22. The van der Waals surface area contributed by atoms with Gasteiger partial charge < -0.3 is 21.1 Å². The van der Waals surface area contributed by atoms with Gasteiger partial charge in [0.2, 0.25) is 0 Å². The number of aryl methyl sites for hydroxylation is 2. The van der Waals surface area contributed by atoms with Gasteiger partial charge in [0.05, 0.1) is 11.3 Å². The molecule has 0 atom stereocenters. The molecule has 0 spiro atoms. The molecule has 0 aliphatic rings. The number of aromatic carboxylic acids is 1. The number of anilines is 1. The van der Waals surface area contributed by atoms with Crippen molar-refractivity contribution in [2.45, 2.75) is 123 Å². The Balaban J connectivity index is 0.000000516. The summed E-state index contributed by atoms with van der Waals surface area (Å²) in [6.45, 7) is 3.93. The van der Waals surface area contributed by atoms with E-state index >= 15 is 0 Å². The second kappa shape index (κ2) is 20.4. The highest BCUT2D eigenvalue weighted by molar-refractivity contribution is 5.89. The van der Waals surface area contributed by atoms with Crippen molar-refractivity contribution in [2.75, 3.05) is 5.73 Å². The molecule has 2 aromatic carbocycles. The largest absolute Gasteiger partial charge is 0.508 e. The van der Waals surface area contributed by atoms with Crippen molar-refractivity contribution in [1.82, 2.24) is 0 Å². The van der Waals surface area contributed by atoms with Crippen molar-refractivity contribution in [3.05, 3.63) is 53.1 Å². The summed E-state index contributed by atoms with van der Waals surface area (Å²) < 4.78 is 0. The molecule has 0 unspecified atom stereocenters. The predicted molar refractivity (Wildman–Crippen MR) is 156 cm³/mol. The predicted octanol–water partition coefficient (Wildman–Crippen LogP) is 9.18. The molecule has 0 aliphatic heterocycles. The standard InChI is InChI=1S/C24H43NO.C8H8O3/c1-2-3-4-5-6-7-8-9-10-11-12-13-14-15-16-17-18-22-19-20-24(26)23(25)21-22;1-5-4-6(9)2-3-7(5)8(10)11/h19-21,26H,2-18,25H2,1H3;2-4,9H,1H3,(H,10,11). The van der Waals surface area contributed by atoms with Gasteiger partial charge in [-0.25, -0.2) is 4.79 Å². The molecule has 0 heterocycles. The molecule has 0 radical (unpaired) electrons. The number of unbranched alkanes of at least 4 members (excludes halogenated alkanes) is 15. The van der Waals surface area contributed by atoms with E-state index in [0.717, 1.165) is 6.42 Å². The lowest BCUT2D eigenvalue weighted by atomic mass is 10.0. The summed E-state index contributed by atoms with van der Waals surface area (Å²) in [5, 5.41) is 26.9. The van der Waals surface area contributed by atoms with Crippen LogP contribution in [0.3, 0.4) is 0 Å². The van der Waals surface area contributed by atoms with E-state index in [4.69, 9.17) is 15.9 Å². The number of benzene rings is 2. The maximum Gasteiger partial charge on any atom is 0.335 e. The van der Waals surface area contributed by atoms with Gasteiger partial charge in [0.1, 0.15) is 11.5 Å². The van der Waals surface area contributed by atoms with Gasteiger partial charge >= 0.3 is 5.97 Å². The highest BCUT2D eigenvalue weighted by atomic mass is 16.4. The van der Waals surface area contributed by atoms with Crippen LogP contribution in [0.4, 0.5) is 5.69 Å². The van der Waals surface area contributed by atoms with Gasteiger partial charge in [-0.15, -0.1) is 0 Å². The zero-order valence-corrected chi connectivity index (χ0v) is 23.3. The Kier molecular flexibility index (Phi) is 17.8. The first kappa shape index (κ1) is 32.3. The number of aromatic hydroxyl groups is 2. The average molecular weight is 514 g/mol. The molecule has 2 aromatic rings. The molecule has 0 bridgehead atoms. The van der Waals surface area contributed by atoms with Gasteiger partial charge in [-0.05, 0) is 61.2 Å². The third-order valence-corrected chi connectivity index (χ3v) is 6.85. The van der Waals surface area contributed by atoms with Gasteiger partial charge in [0.15, 0.2) is 0 Å². The molecular formula is C32H51NO4. The van der Waals surface area contributed by atoms with Gasteiger partial charge in [-0.2, -0.15) is 0 Å². The van der Waals surface area contributed by atoms with E-state index in [9.17, 15) is 9.90 Å². The average Bonchev–Trinajstić information content (AvgIpc) is 2.86. The van der Waals surface area contributed by atoms with E-state index < -0.39 is 5.97 Å². The van der Waals surface area contributed by atoms with Crippen molar-refractivity contribution >= 4 is 11.7 Å². The summed E-state index contributed by atoms with van der Waals surface area (Å²) >= 11 is 0. The molecule has 2 rings (SSSR count). The zero-order valence-electron chi connectivity index (χ0n) is 23.3. The van der Waals surface area contributed by atoms with Crippen LogP contribution in [0.5, 0.6) is 11.5 Å². The minimum absolute atomic E-state index is 0.0903. The third-order valence-electron chi connectivity index (χ3n) is 6.85. The summed E-state index contributed by atoms with van der Waals surface area (Å²) in [6, 6.07) is 9.75. The lowest BCUT2D eigenvalue weighted by molar-refractivity contribution is 0.0696. The number of carboxylic acids is 1. The summed E-state index contributed by atoms with van der Waals surface area (Å²) in [7, 11) is 0. The Bertz CT molecular complexity index is 881. The van der Waals surface area contributed by atoms with Crippen LogP contribution in [0.2, 0.25) is 0 Å². The Morgan fingerprint density at radius 3 is 1.62 bits per heavy atom. The number of hydrogen-bond acceptors (Lipinski definition) is 4. The molecular weight excluding hydrogens is 462 g/mol. The van der Waals surface area contributed by atoms with Crippen LogP contribution in [-0.2, 0) is 6.42 Å². The number of phenolic OH excluding ortho intramolecular Hbond substituents is 2. The maximum atomic E-state index is 10.5. The fourth-order valence-corrected chi connectivity index (χ4v) is 4.52. The third kappa shape index (κ3) is 15.9. The monoisotopic (exact) mass is 513 g/mol. The second-order valence-corrected chi connectivity index (χ2v) is 10.3. The van der Waals surface area contributed by atoms with Crippen molar-refractivity contribution in [3.63, 3.8) is 0 Å². The molecule has 5 heteroatoms. The van der Waals surface area contributed by atoms with Crippen LogP contribution in [0.15, 0.2) is 36.4 Å². The van der Waals surface area contributed by atoms with Crippen molar-refractivity contribution in [2.24, 2.45) is 0 Å². The highest BCUT2D eigenvalue weighted by Gasteiger charge is 2.05. The van der Waals surface area contributed by atoms with E-state index in [1.54, 1.807) is 13.0 Å². The fraction of sp³-hybridized carbons (Fsp3) is 0.594. The maximum absolute atomic E-state index is 10.5. The summed E-state index contributed by atoms with van der Waals surface area (Å²) in [5.41, 5.74) is 8.26. The number of phenols is 2. The minimum Gasteiger partial charge on any atom is -0.508 e. The van der Waals surface area contributed by atoms with Crippen LogP contribution >= 0.6 is 0 Å². The summed E-state index contributed by atoms with van der Waals surface area (Å²) in [4.78, 5) is 10.5. The molecule has 0 saturated heterocycles. The molecule has 0 aliphatic carbocycles. The smallest absolute Gasteiger partial charge is 0.335 e. The lowest BCUT2D eigenvalue weighted by Gasteiger charge is -2.05. The Morgan fingerprint density at radius 1 is 0.703 bits per heavy atom. The van der Waals surface area contributed by atoms with Crippen molar-refractivity contribution < 1.29 is 20.1 Å². The molecule has 0 amide bonds. The Labute approximate surface area is 225 Å². The van der Waals surface area contributed by atoms with E-state index in [1.165, 1.54) is 126 Å². The fourth-order valence-electron chi connectivity index (χ4n) is 4.52. The molecule has 5 N–H and O–H groups in total.